The smallest absolute Gasteiger partial charge is 0.403 e. The van der Waals surface area contributed by atoms with Crippen LogP contribution in [-0.4, -0.2) is 18.3 Å². The van der Waals surface area contributed by atoms with E-state index >= 15 is 0 Å². The van der Waals surface area contributed by atoms with Crippen LogP contribution in [-0.2, 0) is 9.31 Å². The van der Waals surface area contributed by atoms with Gasteiger partial charge in [-0.15, -0.1) is 0 Å². The normalized spacial score (nSPS) is 44.9. The van der Waals surface area contributed by atoms with E-state index in [9.17, 15) is 0 Å². The van der Waals surface area contributed by atoms with E-state index in [1.54, 1.807) is 0 Å². The summed E-state index contributed by atoms with van der Waals surface area (Å²) in [4.78, 5) is 0. The van der Waals surface area contributed by atoms with Gasteiger partial charge in [-0.2, -0.15) is 0 Å². The number of fused-ring (bicyclic) bond motifs is 2. The van der Waals surface area contributed by atoms with Crippen LogP contribution in [0.5, 0.6) is 0 Å². The lowest BCUT2D eigenvalue weighted by Crippen LogP contribution is -2.44. The molecule has 2 nitrogen and oxygen atoms in total. The van der Waals surface area contributed by atoms with Crippen LogP contribution in [0, 0.1) is 17.8 Å². The third kappa shape index (κ3) is 2.59. The molecule has 0 radical (unpaired) electrons. The fourth-order valence-electron chi connectivity index (χ4n) is 5.21. The highest BCUT2D eigenvalue weighted by atomic mass is 16.7. The minimum Gasteiger partial charge on any atom is -0.403 e. The van der Waals surface area contributed by atoms with Crippen molar-refractivity contribution in [3.8, 4) is 0 Å². The second kappa shape index (κ2) is 4.99. The molecular formula is C18H33BO2. The van der Waals surface area contributed by atoms with Crippen molar-refractivity contribution in [1.82, 2.24) is 0 Å². The Morgan fingerprint density at radius 1 is 0.905 bits per heavy atom. The third-order valence-corrected chi connectivity index (χ3v) is 6.99. The van der Waals surface area contributed by atoms with E-state index in [0.29, 0.717) is 0 Å². The fourth-order valence-corrected chi connectivity index (χ4v) is 5.21. The maximum absolute atomic E-state index is 6.47. The van der Waals surface area contributed by atoms with Gasteiger partial charge in [-0.05, 0) is 77.6 Å². The highest BCUT2D eigenvalue weighted by Crippen LogP contribution is 2.60. The topological polar surface area (TPSA) is 18.5 Å². The van der Waals surface area contributed by atoms with Crippen LogP contribution in [0.3, 0.4) is 0 Å². The zero-order valence-corrected chi connectivity index (χ0v) is 14.9. The summed E-state index contributed by atoms with van der Waals surface area (Å²) in [5.41, 5.74) is -0.390. The molecule has 2 unspecified atom stereocenters. The number of rotatable bonds is 2. The average Bonchev–Trinajstić information content (AvgIpc) is 2.57. The molecular weight excluding hydrogens is 259 g/mol. The second-order valence-corrected chi connectivity index (χ2v) is 9.26. The first-order valence-corrected chi connectivity index (χ1v) is 9.03. The minimum atomic E-state index is -0.195. The average molecular weight is 292 g/mol. The second-order valence-electron chi connectivity index (χ2n) is 9.26. The van der Waals surface area contributed by atoms with Crippen molar-refractivity contribution in [3.05, 3.63) is 0 Å². The summed E-state index contributed by atoms with van der Waals surface area (Å²) in [5, 5.41) is 0.249. The van der Waals surface area contributed by atoms with Crippen LogP contribution >= 0.6 is 0 Å². The lowest BCUT2D eigenvalue weighted by Gasteiger charge is -2.49. The van der Waals surface area contributed by atoms with E-state index in [2.05, 4.69) is 41.5 Å². The van der Waals surface area contributed by atoms with Gasteiger partial charge in [-0.25, -0.2) is 0 Å². The fraction of sp³-hybridized carbons (Fsp3) is 1.00. The van der Waals surface area contributed by atoms with E-state index in [-0.39, 0.29) is 23.6 Å². The molecule has 0 N–H and O–H groups in total. The van der Waals surface area contributed by atoms with Crippen LogP contribution in [0.25, 0.3) is 0 Å². The van der Waals surface area contributed by atoms with Gasteiger partial charge in [0.15, 0.2) is 0 Å². The molecule has 0 aromatic carbocycles. The Balaban J connectivity index is 1.83. The van der Waals surface area contributed by atoms with E-state index in [1.807, 2.05) is 0 Å². The first-order valence-electron chi connectivity index (χ1n) is 9.03. The lowest BCUT2D eigenvalue weighted by atomic mass is 9.44. The predicted molar refractivity (Wildman–Crippen MR) is 88.3 cm³/mol. The van der Waals surface area contributed by atoms with Crippen molar-refractivity contribution < 1.29 is 9.31 Å². The Morgan fingerprint density at radius 2 is 1.38 bits per heavy atom. The van der Waals surface area contributed by atoms with Gasteiger partial charge < -0.3 is 9.31 Å². The molecule has 3 aliphatic rings. The van der Waals surface area contributed by atoms with Gasteiger partial charge in [0.05, 0.1) is 11.2 Å². The molecule has 1 heterocycles. The molecule has 2 saturated carbocycles. The molecule has 3 rings (SSSR count). The molecule has 0 aromatic heterocycles. The summed E-state index contributed by atoms with van der Waals surface area (Å²) in [5.74, 6) is 2.71. The van der Waals surface area contributed by atoms with Gasteiger partial charge in [0, 0.05) is 5.31 Å². The quantitative estimate of drug-likeness (QED) is 0.661. The van der Waals surface area contributed by atoms with Crippen LogP contribution in [0.4, 0.5) is 0 Å². The molecule has 3 fully saturated rings. The van der Waals surface area contributed by atoms with Gasteiger partial charge >= 0.3 is 7.12 Å². The first-order chi connectivity index (χ1) is 9.67. The van der Waals surface area contributed by atoms with E-state index < -0.39 is 0 Å². The summed E-state index contributed by atoms with van der Waals surface area (Å²) >= 11 is 0. The highest BCUT2D eigenvalue weighted by Gasteiger charge is 2.60. The van der Waals surface area contributed by atoms with Crippen LogP contribution < -0.4 is 0 Å². The van der Waals surface area contributed by atoms with Gasteiger partial charge in [0.1, 0.15) is 0 Å². The Morgan fingerprint density at radius 3 is 1.81 bits per heavy atom. The van der Waals surface area contributed by atoms with Crippen LogP contribution in [0.1, 0.15) is 80.1 Å². The van der Waals surface area contributed by atoms with Gasteiger partial charge in [-0.3, -0.25) is 0 Å². The van der Waals surface area contributed by atoms with E-state index in [1.165, 1.54) is 38.5 Å². The summed E-state index contributed by atoms with van der Waals surface area (Å²) in [6.45, 7) is 13.5. The molecule has 21 heavy (non-hydrogen) atoms. The van der Waals surface area contributed by atoms with Crippen molar-refractivity contribution in [3.63, 3.8) is 0 Å². The molecule has 1 aliphatic heterocycles. The monoisotopic (exact) mass is 292 g/mol. The van der Waals surface area contributed by atoms with E-state index in [4.69, 9.17) is 9.31 Å². The van der Waals surface area contributed by atoms with Crippen LogP contribution in [0.2, 0.25) is 5.31 Å². The lowest BCUT2D eigenvalue weighted by molar-refractivity contribution is 0.00578. The summed E-state index contributed by atoms with van der Waals surface area (Å²) in [6.07, 6.45) is 8.08. The molecule has 3 heteroatoms. The Labute approximate surface area is 131 Å². The molecule has 2 bridgehead atoms. The minimum absolute atomic E-state index is 0.00814. The maximum Gasteiger partial charge on any atom is 0.464 e. The Kier molecular flexibility index (Phi) is 3.77. The zero-order valence-electron chi connectivity index (χ0n) is 14.9. The maximum atomic E-state index is 6.47. The van der Waals surface area contributed by atoms with Crippen molar-refractivity contribution >= 4 is 7.12 Å². The van der Waals surface area contributed by atoms with Crippen molar-refractivity contribution in [2.24, 2.45) is 17.8 Å². The standard InChI is InChI=1S/C18H33BO2/c1-7-18(19-20-16(3,4)17(5,6)21-19)11-14-8-13(2)9-15(10-14)12-18/h13-15H,7-12H2,1-6H3. The van der Waals surface area contributed by atoms with E-state index in [0.717, 1.165) is 17.8 Å². The molecule has 0 spiro atoms. The third-order valence-electron chi connectivity index (χ3n) is 6.99. The van der Waals surface area contributed by atoms with Crippen LogP contribution in [0.15, 0.2) is 0 Å². The molecule has 2 atom stereocenters. The zero-order chi connectivity index (χ0) is 15.5. The molecule has 1 saturated heterocycles. The van der Waals surface area contributed by atoms with Gasteiger partial charge in [0.25, 0.3) is 0 Å². The molecule has 0 aromatic rings. The SMILES string of the molecule is CCC1(B2OC(C)(C)C(C)(C)O2)CC2CC(C)CC(C2)C1. The Bertz CT molecular complexity index is 370. The van der Waals surface area contributed by atoms with Crippen molar-refractivity contribution in [1.29, 1.82) is 0 Å². The number of hydrogen-bond donors (Lipinski definition) is 0. The van der Waals surface area contributed by atoms with Crippen molar-refractivity contribution in [2.75, 3.05) is 0 Å². The predicted octanol–water partition coefficient (Wildman–Crippen LogP) is 5.08. The molecule has 120 valence electrons. The molecule has 0 amide bonds. The van der Waals surface area contributed by atoms with Gasteiger partial charge in [-0.1, -0.05) is 20.3 Å². The van der Waals surface area contributed by atoms with Crippen molar-refractivity contribution in [2.45, 2.75) is 96.6 Å². The highest BCUT2D eigenvalue weighted by molar-refractivity contribution is 6.49. The van der Waals surface area contributed by atoms with Gasteiger partial charge in [0.2, 0.25) is 0 Å². The molecule has 2 aliphatic carbocycles. The Hall–Kier alpha value is -0.0151. The summed E-state index contributed by atoms with van der Waals surface area (Å²) < 4.78 is 12.9. The summed E-state index contributed by atoms with van der Waals surface area (Å²) in [7, 11) is -0.00814. The summed E-state index contributed by atoms with van der Waals surface area (Å²) in [6, 6.07) is 0. The number of hydrogen-bond acceptors (Lipinski definition) is 2. The largest absolute Gasteiger partial charge is 0.464 e. The first kappa shape index (κ1) is 15.9.